The van der Waals surface area contributed by atoms with Gasteiger partial charge >= 0.3 is 5.97 Å². The molecule has 0 radical (unpaired) electrons. The number of aliphatic carboxylic acids is 1. The minimum absolute atomic E-state index is 0.173. The first-order valence-electron chi connectivity index (χ1n) is 6.86. The van der Waals surface area contributed by atoms with E-state index in [1.807, 2.05) is 0 Å². The van der Waals surface area contributed by atoms with E-state index < -0.39 is 5.97 Å². The third kappa shape index (κ3) is 4.03. The highest BCUT2D eigenvalue weighted by Gasteiger charge is 2.18. The van der Waals surface area contributed by atoms with Gasteiger partial charge in [-0.05, 0) is 6.42 Å². The van der Waals surface area contributed by atoms with Crippen molar-refractivity contribution in [3.8, 4) is 0 Å². The van der Waals surface area contributed by atoms with E-state index in [1.165, 1.54) is 6.42 Å². The summed E-state index contributed by atoms with van der Waals surface area (Å²) < 4.78 is 0. The molecule has 0 saturated carbocycles. The summed E-state index contributed by atoms with van der Waals surface area (Å²) in [6.45, 7) is 3.80. The molecule has 1 atom stereocenters. The van der Waals surface area contributed by atoms with Crippen LogP contribution < -0.4 is 5.32 Å². The maximum absolute atomic E-state index is 10.4. The van der Waals surface area contributed by atoms with Gasteiger partial charge in [-0.1, -0.05) is 25.5 Å². The lowest BCUT2D eigenvalue weighted by Crippen LogP contribution is -2.29. The van der Waals surface area contributed by atoms with Crippen LogP contribution in [-0.4, -0.2) is 45.1 Å². The van der Waals surface area contributed by atoms with E-state index in [0.29, 0.717) is 12.0 Å². The minimum Gasteiger partial charge on any atom is -0.480 e. The average molecular weight is 276 g/mol. The van der Waals surface area contributed by atoms with E-state index >= 15 is 0 Å². The molecule has 0 aromatic carbocycles. The third-order valence-electron chi connectivity index (χ3n) is 3.24. The molecular formula is C14H20N4O2. The van der Waals surface area contributed by atoms with Crippen LogP contribution >= 0.6 is 0 Å². The van der Waals surface area contributed by atoms with E-state index in [4.69, 9.17) is 5.11 Å². The quantitative estimate of drug-likeness (QED) is 0.735. The maximum Gasteiger partial charge on any atom is 0.322 e. The second kappa shape index (κ2) is 7.00. The molecule has 0 bridgehead atoms. The van der Waals surface area contributed by atoms with Gasteiger partial charge in [-0.2, -0.15) is 0 Å². The molecule has 2 N–H and O–H groups in total. The summed E-state index contributed by atoms with van der Waals surface area (Å²) in [4.78, 5) is 21.1. The van der Waals surface area contributed by atoms with Gasteiger partial charge < -0.3 is 10.4 Å². The van der Waals surface area contributed by atoms with Crippen molar-refractivity contribution in [1.82, 2.24) is 14.9 Å². The molecule has 1 aliphatic rings. The molecule has 1 aliphatic heterocycles. The van der Waals surface area contributed by atoms with Gasteiger partial charge in [-0.15, -0.1) is 0 Å². The van der Waals surface area contributed by atoms with E-state index in [0.717, 1.165) is 25.1 Å². The topological polar surface area (TPSA) is 78.4 Å². The zero-order valence-electron chi connectivity index (χ0n) is 11.6. The van der Waals surface area contributed by atoms with Crippen molar-refractivity contribution >= 4 is 11.9 Å². The van der Waals surface area contributed by atoms with Gasteiger partial charge in [0.05, 0.1) is 0 Å². The Hall–Kier alpha value is -1.95. The maximum atomic E-state index is 10.4. The number of anilines is 1. The number of hydrogen-bond acceptors (Lipinski definition) is 5. The third-order valence-corrected chi connectivity index (χ3v) is 3.24. The van der Waals surface area contributed by atoms with Crippen LogP contribution in [0.15, 0.2) is 24.5 Å². The highest BCUT2D eigenvalue weighted by molar-refractivity contribution is 5.71. The van der Waals surface area contributed by atoms with Crippen LogP contribution in [0.5, 0.6) is 0 Å². The predicted molar refractivity (Wildman–Crippen MR) is 76.4 cm³/mol. The molecule has 0 amide bonds. The zero-order chi connectivity index (χ0) is 14.4. The molecule has 0 unspecified atom stereocenters. The van der Waals surface area contributed by atoms with Gasteiger partial charge in [-0.3, -0.25) is 9.69 Å². The molecule has 108 valence electrons. The van der Waals surface area contributed by atoms with Gasteiger partial charge in [-0.25, -0.2) is 9.97 Å². The second-order valence-corrected chi connectivity index (χ2v) is 4.88. The van der Waals surface area contributed by atoms with Crippen molar-refractivity contribution in [2.75, 3.05) is 18.4 Å². The standard InChI is InChI=1S/C14H20N4O2/c1-2-4-12-5-3-6-18(12)10-11-7-15-14(16-8-11)17-9-13(19)20/h3,5,7-8,12H,2,4,6,9-10H2,1H3,(H,19,20)(H,15,16,17)/t12-/m0/s1. The van der Waals surface area contributed by atoms with Crippen molar-refractivity contribution in [2.45, 2.75) is 32.4 Å². The average Bonchev–Trinajstić information content (AvgIpc) is 2.86. The fourth-order valence-electron chi connectivity index (χ4n) is 2.28. The Morgan fingerprint density at radius 3 is 2.90 bits per heavy atom. The Morgan fingerprint density at radius 2 is 2.25 bits per heavy atom. The summed E-state index contributed by atoms with van der Waals surface area (Å²) >= 11 is 0. The number of carboxylic acids is 1. The van der Waals surface area contributed by atoms with Crippen LogP contribution in [0.25, 0.3) is 0 Å². The normalized spacial score (nSPS) is 18.4. The molecule has 20 heavy (non-hydrogen) atoms. The lowest BCUT2D eigenvalue weighted by Gasteiger charge is -2.23. The number of hydrogen-bond donors (Lipinski definition) is 2. The molecule has 2 rings (SSSR count). The number of rotatable bonds is 7. The Bertz CT molecular complexity index is 473. The second-order valence-electron chi connectivity index (χ2n) is 4.88. The van der Waals surface area contributed by atoms with Gasteiger partial charge in [0.25, 0.3) is 0 Å². The minimum atomic E-state index is -0.928. The van der Waals surface area contributed by atoms with Crippen LogP contribution in [0, 0.1) is 0 Å². The van der Waals surface area contributed by atoms with Crippen molar-refractivity contribution in [1.29, 1.82) is 0 Å². The number of nitrogens with zero attached hydrogens (tertiary/aromatic N) is 3. The van der Waals surface area contributed by atoms with Crippen molar-refractivity contribution in [3.05, 3.63) is 30.1 Å². The van der Waals surface area contributed by atoms with Crippen molar-refractivity contribution in [2.24, 2.45) is 0 Å². The summed E-state index contributed by atoms with van der Waals surface area (Å²) in [5.74, 6) is -0.580. The van der Waals surface area contributed by atoms with Crippen LogP contribution in [0.1, 0.15) is 25.3 Å². The van der Waals surface area contributed by atoms with Crippen LogP contribution in [0.4, 0.5) is 5.95 Å². The molecule has 2 heterocycles. The lowest BCUT2D eigenvalue weighted by atomic mass is 10.1. The lowest BCUT2D eigenvalue weighted by molar-refractivity contribution is -0.134. The van der Waals surface area contributed by atoms with Crippen LogP contribution in [0.3, 0.4) is 0 Å². The van der Waals surface area contributed by atoms with E-state index in [-0.39, 0.29) is 6.54 Å². The van der Waals surface area contributed by atoms with Crippen LogP contribution in [0.2, 0.25) is 0 Å². The molecule has 0 spiro atoms. The highest BCUT2D eigenvalue weighted by Crippen LogP contribution is 2.17. The molecule has 6 nitrogen and oxygen atoms in total. The van der Waals surface area contributed by atoms with E-state index in [1.54, 1.807) is 12.4 Å². The van der Waals surface area contributed by atoms with Gasteiger partial charge in [0.1, 0.15) is 6.54 Å². The largest absolute Gasteiger partial charge is 0.480 e. The van der Waals surface area contributed by atoms with E-state index in [9.17, 15) is 4.79 Å². The number of aromatic nitrogens is 2. The molecular weight excluding hydrogens is 256 g/mol. The summed E-state index contributed by atoms with van der Waals surface area (Å²) in [6, 6.07) is 0.504. The van der Waals surface area contributed by atoms with Gasteiger partial charge in [0.2, 0.25) is 5.95 Å². The Labute approximate surface area is 118 Å². The zero-order valence-corrected chi connectivity index (χ0v) is 11.6. The summed E-state index contributed by atoms with van der Waals surface area (Å²) in [5.41, 5.74) is 1.04. The fourth-order valence-corrected chi connectivity index (χ4v) is 2.28. The Balaban J connectivity index is 1.88. The number of nitrogens with one attached hydrogen (secondary N) is 1. The van der Waals surface area contributed by atoms with Gasteiger partial charge in [0, 0.05) is 37.1 Å². The summed E-state index contributed by atoms with van der Waals surface area (Å²) in [6.07, 6.45) is 10.3. The van der Waals surface area contributed by atoms with Crippen molar-refractivity contribution < 1.29 is 9.90 Å². The molecule has 1 aromatic heterocycles. The Kier molecular flexibility index (Phi) is 5.06. The summed E-state index contributed by atoms with van der Waals surface area (Å²) in [7, 11) is 0. The first-order chi connectivity index (χ1) is 9.69. The fraction of sp³-hybridized carbons (Fsp3) is 0.500. The predicted octanol–water partition coefficient (Wildman–Crippen LogP) is 1.51. The molecule has 1 aromatic rings. The molecule has 6 heteroatoms. The molecule has 0 aliphatic carbocycles. The van der Waals surface area contributed by atoms with Crippen molar-refractivity contribution in [3.63, 3.8) is 0 Å². The van der Waals surface area contributed by atoms with Crippen LogP contribution in [-0.2, 0) is 11.3 Å². The first kappa shape index (κ1) is 14.5. The molecule has 0 fully saturated rings. The molecule has 0 saturated heterocycles. The summed E-state index contributed by atoms with van der Waals surface area (Å²) in [5, 5.41) is 11.2. The Morgan fingerprint density at radius 1 is 1.50 bits per heavy atom. The first-order valence-corrected chi connectivity index (χ1v) is 6.86. The number of carbonyl (C=O) groups is 1. The number of carboxylic acid groups (broad SMARTS) is 1. The SMILES string of the molecule is CCC[C@H]1C=CCN1Cc1cnc(NCC(=O)O)nc1. The highest BCUT2D eigenvalue weighted by atomic mass is 16.4. The smallest absolute Gasteiger partial charge is 0.322 e. The van der Waals surface area contributed by atoms with Gasteiger partial charge in [0.15, 0.2) is 0 Å². The monoisotopic (exact) mass is 276 g/mol. The van der Waals surface area contributed by atoms with E-state index in [2.05, 4.69) is 39.3 Å².